The van der Waals surface area contributed by atoms with Crippen LogP contribution in [0, 0.1) is 0 Å². The number of carbonyl (C=O) groups is 2. The Kier molecular flexibility index (Phi) is 7.45. The number of esters is 1. The first-order valence-electron chi connectivity index (χ1n) is 9.50. The zero-order valence-electron chi connectivity index (χ0n) is 16.1. The zero-order valence-corrected chi connectivity index (χ0v) is 17.8. The van der Waals surface area contributed by atoms with Crippen molar-refractivity contribution in [1.82, 2.24) is 0 Å². The van der Waals surface area contributed by atoms with Gasteiger partial charge in [0.2, 0.25) is 0 Å². The smallest absolute Gasteiger partial charge is 0.338 e. The Bertz CT molecular complexity index is 800. The largest absolute Gasteiger partial charge is 0.449 e. The van der Waals surface area contributed by atoms with Gasteiger partial charge in [0.05, 0.1) is 10.1 Å². The number of benzene rings is 2. The molecule has 3 rings (SSSR count). The van der Waals surface area contributed by atoms with E-state index in [1.807, 2.05) is 59.9 Å². The second-order valence-electron chi connectivity index (χ2n) is 6.64. The summed E-state index contributed by atoms with van der Waals surface area (Å²) < 4.78 is 5.77. The Morgan fingerprint density at radius 2 is 1.71 bits per heavy atom. The number of hydrogen-bond donors (Lipinski definition) is 1. The summed E-state index contributed by atoms with van der Waals surface area (Å²) in [6.07, 6.45) is 1.32. The van der Waals surface area contributed by atoms with E-state index < -0.39 is 12.1 Å². The normalized spacial score (nSPS) is 15.6. The summed E-state index contributed by atoms with van der Waals surface area (Å²) >= 11 is 3.88. The molecule has 2 aromatic rings. The van der Waals surface area contributed by atoms with Gasteiger partial charge in [0.25, 0.3) is 5.91 Å². The summed E-state index contributed by atoms with van der Waals surface area (Å²) in [5.41, 5.74) is 3.57. The third-order valence-corrected chi connectivity index (χ3v) is 7.54. The van der Waals surface area contributed by atoms with Crippen LogP contribution in [0.15, 0.2) is 48.5 Å². The molecule has 1 heterocycles. The molecule has 0 radical (unpaired) electrons. The molecule has 0 aromatic heterocycles. The molecule has 1 aliphatic rings. The number of ether oxygens (including phenoxy) is 1. The van der Waals surface area contributed by atoms with Crippen molar-refractivity contribution in [3.05, 3.63) is 65.2 Å². The Hall–Kier alpha value is -1.92. The Morgan fingerprint density at radius 1 is 1.07 bits per heavy atom. The molecule has 0 spiro atoms. The molecular formula is C22H25NO3S2. The molecule has 0 aliphatic carbocycles. The highest BCUT2D eigenvalue weighted by molar-refractivity contribution is 8.16. The topological polar surface area (TPSA) is 55.4 Å². The molecule has 28 heavy (non-hydrogen) atoms. The van der Waals surface area contributed by atoms with Gasteiger partial charge in [0.1, 0.15) is 0 Å². The number of carbonyl (C=O) groups excluding carboxylic acids is 2. The van der Waals surface area contributed by atoms with Gasteiger partial charge < -0.3 is 10.1 Å². The minimum Gasteiger partial charge on any atom is -0.449 e. The van der Waals surface area contributed by atoms with Crippen molar-refractivity contribution in [3.8, 4) is 0 Å². The maximum atomic E-state index is 12.4. The quantitative estimate of drug-likeness (QED) is 0.649. The van der Waals surface area contributed by atoms with Crippen LogP contribution in [0.3, 0.4) is 0 Å². The summed E-state index contributed by atoms with van der Waals surface area (Å²) in [5, 5.41) is 2.78. The average molecular weight is 416 g/mol. The first-order chi connectivity index (χ1) is 13.6. The van der Waals surface area contributed by atoms with Gasteiger partial charge >= 0.3 is 5.97 Å². The van der Waals surface area contributed by atoms with Crippen LogP contribution in [0.5, 0.6) is 0 Å². The van der Waals surface area contributed by atoms with Crippen molar-refractivity contribution in [1.29, 1.82) is 0 Å². The molecule has 0 bridgehead atoms. The number of anilines is 1. The molecule has 1 aliphatic heterocycles. The lowest BCUT2D eigenvalue weighted by Crippen LogP contribution is -2.30. The van der Waals surface area contributed by atoms with Gasteiger partial charge in [0.15, 0.2) is 6.10 Å². The average Bonchev–Trinajstić information content (AvgIpc) is 2.75. The SMILES string of the molecule is CCc1ccc(NC(=O)C(C)OC(=O)c2ccc(C3SCCCS3)cc2)cc1. The monoisotopic (exact) mass is 415 g/mol. The number of rotatable bonds is 6. The third-order valence-electron chi connectivity index (χ3n) is 4.53. The van der Waals surface area contributed by atoms with Crippen LogP contribution in [0.4, 0.5) is 5.69 Å². The fraction of sp³-hybridized carbons (Fsp3) is 0.364. The molecule has 1 fully saturated rings. The van der Waals surface area contributed by atoms with E-state index in [2.05, 4.69) is 12.2 Å². The van der Waals surface area contributed by atoms with Crippen LogP contribution in [0.1, 0.15) is 46.3 Å². The predicted molar refractivity (Wildman–Crippen MR) is 118 cm³/mol. The van der Waals surface area contributed by atoms with E-state index in [9.17, 15) is 9.59 Å². The standard InChI is InChI=1S/C22H25NO3S2/c1-3-16-5-11-19(12-6-16)23-20(24)15(2)26-21(25)17-7-9-18(10-8-17)22-27-13-4-14-28-22/h5-12,15,22H,3-4,13-14H2,1-2H3,(H,23,24). The predicted octanol–water partition coefficient (Wildman–Crippen LogP) is 5.30. The van der Waals surface area contributed by atoms with Gasteiger partial charge in [-0.15, -0.1) is 23.5 Å². The lowest BCUT2D eigenvalue weighted by Gasteiger charge is -2.21. The van der Waals surface area contributed by atoms with Crippen molar-refractivity contribution in [2.45, 2.75) is 37.4 Å². The second kappa shape index (κ2) is 10.0. The number of thioether (sulfide) groups is 2. The van der Waals surface area contributed by atoms with E-state index in [4.69, 9.17) is 4.74 Å². The van der Waals surface area contributed by atoms with Gasteiger partial charge in [-0.3, -0.25) is 4.79 Å². The van der Waals surface area contributed by atoms with Gasteiger partial charge in [-0.2, -0.15) is 0 Å². The third kappa shape index (κ3) is 5.55. The lowest BCUT2D eigenvalue weighted by molar-refractivity contribution is -0.123. The molecule has 6 heteroatoms. The molecule has 1 saturated heterocycles. The number of nitrogens with one attached hydrogen (secondary N) is 1. The minimum absolute atomic E-state index is 0.343. The van der Waals surface area contributed by atoms with Crippen molar-refractivity contribution >= 4 is 41.1 Å². The Morgan fingerprint density at radius 3 is 2.32 bits per heavy atom. The summed E-state index contributed by atoms with van der Waals surface area (Å²) in [7, 11) is 0. The maximum Gasteiger partial charge on any atom is 0.338 e. The fourth-order valence-electron chi connectivity index (χ4n) is 2.81. The maximum absolute atomic E-state index is 12.4. The van der Waals surface area contributed by atoms with Crippen molar-refractivity contribution in [3.63, 3.8) is 0 Å². The number of aryl methyl sites for hydroxylation is 1. The first-order valence-corrected chi connectivity index (χ1v) is 11.6. The summed E-state index contributed by atoms with van der Waals surface area (Å²) in [6, 6.07) is 15.2. The molecule has 1 amide bonds. The van der Waals surface area contributed by atoms with Crippen LogP contribution < -0.4 is 5.32 Å². The molecule has 1 N–H and O–H groups in total. The minimum atomic E-state index is -0.873. The summed E-state index contributed by atoms with van der Waals surface area (Å²) in [6.45, 7) is 3.66. The van der Waals surface area contributed by atoms with E-state index in [0.29, 0.717) is 15.8 Å². The summed E-state index contributed by atoms with van der Waals surface area (Å²) in [4.78, 5) is 24.7. The molecule has 4 nitrogen and oxygen atoms in total. The fourth-order valence-corrected chi connectivity index (χ4v) is 5.70. The first kappa shape index (κ1) is 20.8. The molecule has 148 valence electrons. The zero-order chi connectivity index (χ0) is 19.9. The lowest BCUT2D eigenvalue weighted by atomic mass is 10.1. The molecule has 1 atom stereocenters. The van der Waals surface area contributed by atoms with Crippen molar-refractivity contribution < 1.29 is 14.3 Å². The van der Waals surface area contributed by atoms with Crippen LogP contribution in [0.25, 0.3) is 0 Å². The van der Waals surface area contributed by atoms with E-state index in [1.165, 1.54) is 29.1 Å². The highest BCUT2D eigenvalue weighted by Gasteiger charge is 2.20. The van der Waals surface area contributed by atoms with Crippen LogP contribution in [0.2, 0.25) is 0 Å². The molecule has 1 unspecified atom stereocenters. The van der Waals surface area contributed by atoms with Gasteiger partial charge in [-0.1, -0.05) is 31.2 Å². The van der Waals surface area contributed by atoms with Gasteiger partial charge in [-0.25, -0.2) is 4.79 Å². The molecule has 0 saturated carbocycles. The molecule has 2 aromatic carbocycles. The van der Waals surface area contributed by atoms with Crippen LogP contribution in [-0.2, 0) is 16.0 Å². The Labute approximate surface area is 174 Å². The van der Waals surface area contributed by atoms with E-state index in [-0.39, 0.29) is 5.91 Å². The molecular weight excluding hydrogens is 390 g/mol. The number of hydrogen-bond acceptors (Lipinski definition) is 5. The number of amides is 1. The Balaban J connectivity index is 1.54. The highest BCUT2D eigenvalue weighted by Crippen LogP contribution is 2.43. The van der Waals surface area contributed by atoms with Gasteiger partial charge in [-0.05, 0) is 66.7 Å². The van der Waals surface area contributed by atoms with E-state index in [1.54, 1.807) is 19.1 Å². The van der Waals surface area contributed by atoms with Crippen molar-refractivity contribution in [2.75, 3.05) is 16.8 Å². The van der Waals surface area contributed by atoms with E-state index >= 15 is 0 Å². The second-order valence-corrected chi connectivity index (χ2v) is 9.36. The van der Waals surface area contributed by atoms with Crippen LogP contribution >= 0.6 is 23.5 Å². The summed E-state index contributed by atoms with van der Waals surface area (Å²) in [5.74, 6) is 1.52. The van der Waals surface area contributed by atoms with Crippen molar-refractivity contribution in [2.24, 2.45) is 0 Å². The van der Waals surface area contributed by atoms with E-state index in [0.717, 1.165) is 6.42 Å². The van der Waals surface area contributed by atoms with Gasteiger partial charge in [0, 0.05) is 5.69 Å². The van der Waals surface area contributed by atoms with Crippen LogP contribution in [-0.4, -0.2) is 29.5 Å². The highest BCUT2D eigenvalue weighted by atomic mass is 32.2.